The molecule has 1 aliphatic carbocycles. The van der Waals surface area contributed by atoms with Gasteiger partial charge in [0, 0.05) is 5.41 Å². The van der Waals surface area contributed by atoms with E-state index in [-0.39, 0.29) is 5.41 Å². The zero-order chi connectivity index (χ0) is 46.1. The zero-order valence-electron chi connectivity index (χ0n) is 40.1. The molecule has 13 rings (SSSR count). The summed E-state index contributed by atoms with van der Waals surface area (Å²) in [5.74, 6) is 0. The van der Waals surface area contributed by atoms with Crippen molar-refractivity contribution >= 4 is 64.6 Å². The molecule has 0 unspecified atom stereocenters. The molecular weight excluding hydrogens is 837 g/mol. The summed E-state index contributed by atoms with van der Waals surface area (Å²) in [6.45, 7) is 2.15. The number of benzene rings is 10. The van der Waals surface area contributed by atoms with E-state index in [0.29, 0.717) is 0 Å². The number of nitrogens with zero attached hydrogens (tertiary/aromatic N) is 4. The highest BCUT2D eigenvalue weighted by molar-refractivity contribution is 6.26. The van der Waals surface area contributed by atoms with Crippen molar-refractivity contribution in [1.82, 2.24) is 9.13 Å². The summed E-state index contributed by atoms with van der Waals surface area (Å²) in [6, 6.07) is 56.8. The minimum Gasteiger partial charge on any atom is -0.240 e. The van der Waals surface area contributed by atoms with Crippen LogP contribution in [0.4, 0.5) is 0 Å². The van der Waals surface area contributed by atoms with E-state index < -0.39 is 0 Å². The smallest absolute Gasteiger partial charge is 0.240 e. The molecule has 0 fully saturated rings. The minimum atomic E-state index is -0.105. The van der Waals surface area contributed by atoms with E-state index in [4.69, 9.17) is 0 Å². The van der Waals surface area contributed by atoms with Crippen LogP contribution < -0.4 is 9.13 Å². The Morgan fingerprint density at radius 1 is 0.377 bits per heavy atom. The number of imidazole rings is 2. The van der Waals surface area contributed by atoms with E-state index in [1.165, 1.54) is 161 Å². The van der Waals surface area contributed by atoms with Gasteiger partial charge in [0.25, 0.3) is 0 Å². The van der Waals surface area contributed by atoms with Crippen LogP contribution in [0.3, 0.4) is 0 Å². The average Bonchev–Trinajstić information content (AvgIpc) is 4.08. The highest BCUT2D eigenvalue weighted by Gasteiger charge is 2.43. The molecule has 0 saturated carbocycles. The molecule has 2 heterocycles. The number of hydrogen-bond donors (Lipinski definition) is 0. The van der Waals surface area contributed by atoms with Crippen LogP contribution in [-0.4, -0.2) is 9.13 Å². The highest BCUT2D eigenvalue weighted by atomic mass is 15.1. The Balaban J connectivity index is 0.926. The fourth-order valence-electron chi connectivity index (χ4n) is 12.9. The molecule has 69 heavy (non-hydrogen) atoms. The second-order valence-electron chi connectivity index (χ2n) is 20.5. The van der Waals surface area contributed by atoms with Gasteiger partial charge >= 0.3 is 0 Å². The summed E-state index contributed by atoms with van der Waals surface area (Å²) in [7, 11) is 4.22. The molecule has 4 nitrogen and oxygen atoms in total. The third-order valence-corrected chi connectivity index (χ3v) is 16.2. The van der Waals surface area contributed by atoms with Gasteiger partial charge in [0.15, 0.2) is 0 Å². The first-order valence-electron chi connectivity index (χ1n) is 25.6. The van der Waals surface area contributed by atoms with Gasteiger partial charge in [-0.15, -0.1) is 0 Å². The minimum absolute atomic E-state index is 0.105. The molecule has 0 radical (unpaired) electrons. The molecule has 2 aromatic heterocycles. The van der Waals surface area contributed by atoms with Gasteiger partial charge in [0.2, 0.25) is 12.7 Å². The molecule has 0 amide bonds. The maximum absolute atomic E-state index is 2.65. The van der Waals surface area contributed by atoms with Gasteiger partial charge in [-0.3, -0.25) is 0 Å². The Morgan fingerprint density at radius 3 is 1.17 bits per heavy atom. The van der Waals surface area contributed by atoms with Crippen molar-refractivity contribution in [2.45, 2.75) is 82.7 Å². The largest absolute Gasteiger partial charge is 0.243 e. The van der Waals surface area contributed by atoms with Crippen molar-refractivity contribution in [3.8, 4) is 33.4 Å². The van der Waals surface area contributed by atoms with Crippen molar-refractivity contribution in [3.63, 3.8) is 0 Å². The van der Waals surface area contributed by atoms with Gasteiger partial charge in [0.1, 0.15) is 24.8 Å². The van der Waals surface area contributed by atoms with E-state index in [1.807, 2.05) is 0 Å². The Hall–Kier alpha value is -7.30. The lowest BCUT2D eigenvalue weighted by Crippen LogP contribution is -2.26. The molecule has 0 aliphatic heterocycles. The van der Waals surface area contributed by atoms with Crippen molar-refractivity contribution < 1.29 is 9.13 Å². The number of aryl methyl sites for hydroxylation is 4. The lowest BCUT2D eigenvalue weighted by Gasteiger charge is -2.33. The number of unbranched alkanes of at least 4 members (excludes halogenated alkanes) is 6. The maximum Gasteiger partial charge on any atom is 0.243 e. The lowest BCUT2D eigenvalue weighted by molar-refractivity contribution is -0.671. The van der Waals surface area contributed by atoms with Gasteiger partial charge in [-0.1, -0.05) is 159 Å². The summed E-state index contributed by atoms with van der Waals surface area (Å²) in [5, 5.41) is 16.1. The van der Waals surface area contributed by atoms with Crippen molar-refractivity contribution in [2.24, 2.45) is 14.1 Å². The molecular formula is C65H60N4+2. The average molecular weight is 897 g/mol. The van der Waals surface area contributed by atoms with Crippen molar-refractivity contribution in [2.75, 3.05) is 0 Å². The van der Waals surface area contributed by atoms with Gasteiger partial charge in [0.05, 0.1) is 27.2 Å². The third-order valence-electron chi connectivity index (χ3n) is 16.2. The van der Waals surface area contributed by atoms with E-state index in [0.717, 1.165) is 25.9 Å². The van der Waals surface area contributed by atoms with Crippen molar-refractivity contribution in [1.29, 1.82) is 0 Å². The molecule has 0 N–H and O–H groups in total. The van der Waals surface area contributed by atoms with E-state index in [1.54, 1.807) is 0 Å². The zero-order valence-corrected chi connectivity index (χ0v) is 40.1. The second-order valence-corrected chi connectivity index (χ2v) is 20.5. The van der Waals surface area contributed by atoms with Crippen LogP contribution in [0.5, 0.6) is 0 Å². The van der Waals surface area contributed by atoms with Gasteiger partial charge in [-0.2, -0.15) is 0 Å². The molecule has 0 saturated heterocycles. The number of hydrogen-bond acceptors (Lipinski definition) is 0. The topological polar surface area (TPSA) is 17.6 Å². The molecule has 10 aromatic carbocycles. The molecule has 1 aliphatic rings. The van der Waals surface area contributed by atoms with Crippen LogP contribution in [-0.2, 0) is 32.6 Å². The van der Waals surface area contributed by atoms with Crippen LogP contribution in [0, 0.1) is 0 Å². The number of rotatable bonds is 16. The van der Waals surface area contributed by atoms with Crippen LogP contribution >= 0.6 is 0 Å². The molecule has 0 atom stereocenters. The Labute approximate surface area is 405 Å². The summed E-state index contributed by atoms with van der Waals surface area (Å²) in [5.41, 5.74) is 11.1. The molecule has 0 bridgehead atoms. The number of fused-ring (bicyclic) bond motifs is 3. The summed E-state index contributed by atoms with van der Waals surface area (Å²) < 4.78 is 8.96. The first kappa shape index (κ1) is 41.9. The highest BCUT2D eigenvalue weighted by Crippen LogP contribution is 2.56. The van der Waals surface area contributed by atoms with E-state index >= 15 is 0 Å². The predicted octanol–water partition coefficient (Wildman–Crippen LogP) is 15.6. The Kier molecular flexibility index (Phi) is 10.3. The fourth-order valence-corrected chi connectivity index (χ4v) is 12.9. The quantitative estimate of drug-likeness (QED) is 0.0522. The van der Waals surface area contributed by atoms with E-state index in [9.17, 15) is 0 Å². The fraction of sp³-hybridized carbons (Fsp3) is 0.231. The summed E-state index contributed by atoms with van der Waals surface area (Å²) in [4.78, 5) is 0. The first-order valence-corrected chi connectivity index (χ1v) is 25.6. The Bertz CT molecular complexity index is 3560. The van der Waals surface area contributed by atoms with E-state index in [2.05, 4.69) is 215 Å². The van der Waals surface area contributed by atoms with Crippen LogP contribution in [0.1, 0.15) is 75.3 Å². The van der Waals surface area contributed by atoms with Crippen LogP contribution in [0.25, 0.3) is 98.0 Å². The van der Waals surface area contributed by atoms with Crippen LogP contribution in [0.2, 0.25) is 0 Å². The van der Waals surface area contributed by atoms with Gasteiger partial charge in [-0.25, -0.2) is 18.3 Å². The first-order chi connectivity index (χ1) is 34.0. The molecule has 4 heteroatoms. The van der Waals surface area contributed by atoms with Gasteiger partial charge < -0.3 is 0 Å². The second kappa shape index (κ2) is 17.0. The number of aromatic nitrogens is 4. The maximum atomic E-state index is 2.65. The third kappa shape index (κ3) is 7.18. The van der Waals surface area contributed by atoms with Crippen LogP contribution in [0.15, 0.2) is 183 Å². The SMILES string of the molecule is C[n+]1ccn(CCCCCCC2(CCCCCCn3cc[n+](C)c3)c3cc(-c4ccc5ccc6cccc7ccc4c5c67)ccc3-c3ccc(-c4ccc5ccc6cccc7ccc4c5c67)cc32)c1. The molecule has 12 aromatic rings. The monoisotopic (exact) mass is 896 g/mol. The van der Waals surface area contributed by atoms with Crippen molar-refractivity contribution in [3.05, 3.63) is 194 Å². The predicted molar refractivity (Wildman–Crippen MR) is 288 cm³/mol. The molecule has 0 spiro atoms. The lowest BCUT2D eigenvalue weighted by atomic mass is 9.69. The normalized spacial score (nSPS) is 13.3. The Morgan fingerprint density at radius 2 is 0.754 bits per heavy atom. The summed E-state index contributed by atoms with van der Waals surface area (Å²) in [6.07, 6.45) is 25.2. The standard InChI is InChI=1S/C65H60N4/c1-66-37-39-68(43-66)35-9-5-3-7-33-65(34-8-4-6-10-36-69-40-38-67(2)44-69)59-41-51(53-27-21-49-19-17-45-13-11-15-47-23-31-57(53)63(49)61(45)47)25-29-55(59)56-30-26-52(42-60(56)65)54-28-22-50-20-18-46-14-12-16-48-24-32-58(54)64(50)62(46)48/h11-32,37-44H,3-10,33-36H2,1-2H3/q+2. The molecule has 338 valence electrons. The summed E-state index contributed by atoms with van der Waals surface area (Å²) >= 11 is 0. The van der Waals surface area contributed by atoms with Gasteiger partial charge in [-0.05, 0) is 160 Å².